The van der Waals surface area contributed by atoms with Gasteiger partial charge < -0.3 is 5.73 Å². The zero-order chi connectivity index (χ0) is 24.2. The number of rotatable bonds is 4. The molecule has 0 spiro atoms. The number of hydrogen-bond acceptors (Lipinski definition) is 2. The third-order valence-corrected chi connectivity index (χ3v) is 3.85. The van der Waals surface area contributed by atoms with Gasteiger partial charge in [-0.2, -0.15) is 12.6 Å². The summed E-state index contributed by atoms with van der Waals surface area (Å²) in [7, 11) is 0. The van der Waals surface area contributed by atoms with Crippen molar-refractivity contribution in [2.24, 2.45) is 0 Å². The average Bonchev–Trinajstić information content (AvgIpc) is 2.83. The number of pyridine rings is 1. The Morgan fingerprint density at radius 2 is 1.23 bits per heavy atom. The molecule has 1 aromatic heterocycles. The summed E-state index contributed by atoms with van der Waals surface area (Å²) >= 11 is 4.14. The van der Waals surface area contributed by atoms with E-state index in [1.165, 1.54) is 17.6 Å². The molecule has 174 valence electrons. The van der Waals surface area contributed by atoms with Crippen molar-refractivity contribution >= 4 is 18.3 Å². The number of aryl methyl sites for hydroxylation is 1. The third-order valence-electron chi connectivity index (χ3n) is 3.54. The SMILES string of the molecule is CC.CC.CC.CCC(C)=C(C)C.Nc1ccccc1.SCCC[n+]1ccccc1. The van der Waals surface area contributed by atoms with Crippen LogP contribution in [0.3, 0.4) is 0 Å². The number of aromatic nitrogens is 1. The number of allylic oxidation sites excluding steroid dienone is 2. The Labute approximate surface area is 195 Å². The zero-order valence-electron chi connectivity index (χ0n) is 21.6. The smallest absolute Gasteiger partial charge is 0.168 e. The second kappa shape index (κ2) is 31.9. The molecular weight excluding hydrogens is 384 g/mol. The van der Waals surface area contributed by atoms with E-state index in [9.17, 15) is 0 Å². The van der Waals surface area contributed by atoms with Gasteiger partial charge in [-0.3, -0.25) is 0 Å². The standard InChI is InChI=1S/C8H11NS.C7H14.C6H7N.3C2H6/c10-8-4-7-9-5-2-1-3-6-9;1-5-7(4)6(2)3;7-6-4-2-1-3-5-6;3*1-2/h1-3,5-6H,4,7-8H2;5H2,1-4H3;1-5H,7H2;3*1-2H3/p+1. The molecule has 30 heavy (non-hydrogen) atoms. The van der Waals surface area contributed by atoms with E-state index in [2.05, 4.69) is 57.3 Å². The van der Waals surface area contributed by atoms with Crippen LogP contribution < -0.4 is 10.3 Å². The Hall–Kier alpha value is -1.74. The van der Waals surface area contributed by atoms with Crippen LogP contribution >= 0.6 is 12.6 Å². The lowest BCUT2D eigenvalue weighted by molar-refractivity contribution is -0.696. The normalized spacial score (nSPS) is 7.83. The molecule has 2 rings (SSSR count). The monoisotopic (exact) mass is 435 g/mol. The molecule has 2 N–H and O–H groups in total. The van der Waals surface area contributed by atoms with Crippen molar-refractivity contribution in [1.29, 1.82) is 0 Å². The van der Waals surface area contributed by atoms with E-state index in [1.54, 1.807) is 0 Å². The largest absolute Gasteiger partial charge is 0.399 e. The summed E-state index contributed by atoms with van der Waals surface area (Å²) in [4.78, 5) is 0. The lowest BCUT2D eigenvalue weighted by Crippen LogP contribution is -2.32. The van der Waals surface area contributed by atoms with Crippen LogP contribution in [0.25, 0.3) is 0 Å². The summed E-state index contributed by atoms with van der Waals surface area (Å²) in [5, 5.41) is 0. The van der Waals surface area contributed by atoms with Gasteiger partial charge in [0.1, 0.15) is 6.54 Å². The Morgan fingerprint density at radius 1 is 0.800 bits per heavy atom. The lowest BCUT2D eigenvalue weighted by atomic mass is 10.1. The molecule has 0 radical (unpaired) electrons. The van der Waals surface area contributed by atoms with Crippen molar-refractivity contribution in [2.45, 2.75) is 88.6 Å². The molecule has 0 saturated heterocycles. The minimum Gasteiger partial charge on any atom is -0.399 e. The van der Waals surface area contributed by atoms with Crippen molar-refractivity contribution < 1.29 is 4.57 Å². The molecule has 0 aliphatic heterocycles. The first kappa shape index (κ1) is 35.7. The highest BCUT2D eigenvalue weighted by molar-refractivity contribution is 7.80. The summed E-state index contributed by atoms with van der Waals surface area (Å²) in [6.07, 6.45) is 6.48. The topological polar surface area (TPSA) is 29.9 Å². The summed E-state index contributed by atoms with van der Waals surface area (Å²) in [5.41, 5.74) is 9.15. The number of anilines is 1. The van der Waals surface area contributed by atoms with Gasteiger partial charge in [0, 0.05) is 24.2 Å². The molecular formula is C27H51N2S+. The van der Waals surface area contributed by atoms with E-state index in [1.807, 2.05) is 90.1 Å². The van der Waals surface area contributed by atoms with Gasteiger partial charge in [0.05, 0.1) is 0 Å². The number of nitrogens with zero attached hydrogens (tertiary/aromatic N) is 1. The molecule has 2 aromatic rings. The number of thiol groups is 1. The van der Waals surface area contributed by atoms with E-state index in [4.69, 9.17) is 5.73 Å². The predicted molar refractivity (Wildman–Crippen MR) is 144 cm³/mol. The first-order valence-electron chi connectivity index (χ1n) is 11.5. The van der Waals surface area contributed by atoms with E-state index in [0.717, 1.165) is 24.4 Å². The Balaban J connectivity index is -0.000000152. The van der Waals surface area contributed by atoms with Crippen LogP contribution in [0.1, 0.15) is 82.1 Å². The predicted octanol–water partition coefficient (Wildman–Crippen LogP) is 8.39. The van der Waals surface area contributed by atoms with Crippen molar-refractivity contribution in [3.63, 3.8) is 0 Å². The molecule has 2 nitrogen and oxygen atoms in total. The van der Waals surface area contributed by atoms with Crippen molar-refractivity contribution in [3.05, 3.63) is 72.1 Å². The number of benzene rings is 1. The Kier molecular flexibility index (Phi) is 38.0. The molecule has 0 aliphatic rings. The third kappa shape index (κ3) is 28.5. The van der Waals surface area contributed by atoms with Gasteiger partial charge in [0.25, 0.3) is 0 Å². The second-order valence-corrected chi connectivity index (χ2v) is 6.18. The first-order valence-corrected chi connectivity index (χ1v) is 12.1. The minimum atomic E-state index is 0.822. The Morgan fingerprint density at radius 3 is 1.50 bits per heavy atom. The molecule has 0 unspecified atom stereocenters. The molecule has 1 heterocycles. The van der Waals surface area contributed by atoms with Crippen LogP contribution in [0.2, 0.25) is 0 Å². The molecule has 1 aromatic carbocycles. The summed E-state index contributed by atoms with van der Waals surface area (Å²) < 4.78 is 2.16. The molecule has 0 bridgehead atoms. The quantitative estimate of drug-likeness (QED) is 0.215. The zero-order valence-corrected chi connectivity index (χ0v) is 22.5. The van der Waals surface area contributed by atoms with E-state index in [-0.39, 0.29) is 0 Å². The van der Waals surface area contributed by atoms with Gasteiger partial charge in [-0.25, -0.2) is 4.57 Å². The highest BCUT2D eigenvalue weighted by atomic mass is 32.1. The number of hydrogen-bond donors (Lipinski definition) is 2. The van der Waals surface area contributed by atoms with Crippen molar-refractivity contribution in [3.8, 4) is 0 Å². The average molecular weight is 436 g/mol. The van der Waals surface area contributed by atoms with Crippen molar-refractivity contribution in [1.82, 2.24) is 0 Å². The van der Waals surface area contributed by atoms with Gasteiger partial charge >= 0.3 is 0 Å². The maximum Gasteiger partial charge on any atom is 0.168 e. The Bertz CT molecular complexity index is 548. The van der Waals surface area contributed by atoms with Gasteiger partial charge in [0.2, 0.25) is 0 Å². The molecule has 0 amide bonds. The van der Waals surface area contributed by atoms with Gasteiger partial charge in [0.15, 0.2) is 12.4 Å². The van der Waals surface area contributed by atoms with E-state index >= 15 is 0 Å². The van der Waals surface area contributed by atoms with Gasteiger partial charge in [-0.05, 0) is 45.1 Å². The minimum absolute atomic E-state index is 0.822. The molecule has 0 fully saturated rings. The summed E-state index contributed by atoms with van der Waals surface area (Å²) in [6.45, 7) is 21.7. The van der Waals surface area contributed by atoms with Gasteiger partial charge in [-0.15, -0.1) is 0 Å². The van der Waals surface area contributed by atoms with Crippen LogP contribution in [-0.4, -0.2) is 5.75 Å². The van der Waals surface area contributed by atoms with Crippen LogP contribution in [-0.2, 0) is 6.54 Å². The molecule has 3 heteroatoms. The fourth-order valence-electron chi connectivity index (χ4n) is 1.64. The molecule has 0 atom stereocenters. The fourth-order valence-corrected chi connectivity index (χ4v) is 1.78. The van der Waals surface area contributed by atoms with E-state index < -0.39 is 0 Å². The lowest BCUT2D eigenvalue weighted by Gasteiger charge is -1.94. The number of para-hydroxylation sites is 1. The number of nitrogen functional groups attached to an aromatic ring is 1. The highest BCUT2D eigenvalue weighted by Crippen LogP contribution is 2.04. The van der Waals surface area contributed by atoms with Crippen LogP contribution in [0, 0.1) is 0 Å². The maximum absolute atomic E-state index is 5.36. The summed E-state index contributed by atoms with van der Waals surface area (Å²) in [5.74, 6) is 0.960. The van der Waals surface area contributed by atoms with Crippen molar-refractivity contribution in [2.75, 3.05) is 11.5 Å². The molecule has 0 aliphatic carbocycles. The fraction of sp³-hybridized carbons (Fsp3) is 0.519. The first-order chi connectivity index (χ1) is 14.5. The molecule has 0 saturated carbocycles. The maximum atomic E-state index is 5.36. The highest BCUT2D eigenvalue weighted by Gasteiger charge is 1.93. The van der Waals surface area contributed by atoms with E-state index in [0.29, 0.717) is 0 Å². The second-order valence-electron chi connectivity index (χ2n) is 5.74. The van der Waals surface area contributed by atoms with Crippen LogP contribution in [0.5, 0.6) is 0 Å². The number of nitrogens with two attached hydrogens (primary N) is 1. The van der Waals surface area contributed by atoms with Gasteiger partial charge in [-0.1, -0.05) is 83.9 Å². The van der Waals surface area contributed by atoms with Crippen LogP contribution in [0.4, 0.5) is 5.69 Å². The summed E-state index contributed by atoms with van der Waals surface area (Å²) in [6, 6.07) is 15.6. The van der Waals surface area contributed by atoms with Crippen LogP contribution in [0.15, 0.2) is 72.1 Å².